The predicted molar refractivity (Wildman–Crippen MR) is 94.0 cm³/mol. The zero-order chi connectivity index (χ0) is 15.6. The molecule has 0 bridgehead atoms. The average molecular weight is 363 g/mol. The number of nitrogens with one attached hydrogen (secondary N) is 1. The number of aryl methyl sites for hydroxylation is 1. The molecule has 0 fully saturated rings. The van der Waals surface area contributed by atoms with Crippen molar-refractivity contribution in [2.24, 2.45) is 0 Å². The van der Waals surface area contributed by atoms with Crippen LogP contribution in [0.2, 0.25) is 20.1 Å². The molecule has 5 heteroatoms. The highest BCUT2D eigenvalue weighted by Gasteiger charge is 2.17. The van der Waals surface area contributed by atoms with E-state index in [-0.39, 0.29) is 0 Å². The summed E-state index contributed by atoms with van der Waals surface area (Å²) in [5.41, 5.74) is 3.94. The maximum absolute atomic E-state index is 6.35. The van der Waals surface area contributed by atoms with Crippen molar-refractivity contribution in [3.05, 3.63) is 55.5 Å². The Kier molecular flexibility index (Phi) is 5.81. The lowest BCUT2D eigenvalue weighted by molar-refractivity contribution is 0.727. The molecule has 1 nitrogen and oxygen atoms in total. The molecule has 112 valence electrons. The van der Waals surface area contributed by atoms with Crippen LogP contribution in [0.15, 0.2) is 24.3 Å². The topological polar surface area (TPSA) is 12.0 Å². The van der Waals surface area contributed by atoms with Gasteiger partial charge >= 0.3 is 0 Å². The van der Waals surface area contributed by atoms with Crippen molar-refractivity contribution in [3.63, 3.8) is 0 Å². The highest BCUT2D eigenvalue weighted by molar-refractivity contribution is 6.51. The third-order valence-electron chi connectivity index (χ3n) is 3.26. The maximum Gasteiger partial charge on any atom is 0.0785 e. The number of rotatable bonds is 4. The van der Waals surface area contributed by atoms with Gasteiger partial charge < -0.3 is 5.32 Å². The van der Waals surface area contributed by atoms with E-state index < -0.39 is 0 Å². The molecule has 0 aromatic heterocycles. The summed E-state index contributed by atoms with van der Waals surface area (Å²) in [6.45, 7) is 5.79. The second-order valence-corrected chi connectivity index (χ2v) is 6.34. The molecule has 2 aromatic rings. The minimum absolute atomic E-state index is 0.328. The number of halogens is 4. The number of hydrogen-bond donors (Lipinski definition) is 1. The monoisotopic (exact) mass is 361 g/mol. The van der Waals surface area contributed by atoms with Crippen molar-refractivity contribution in [3.8, 4) is 11.1 Å². The summed E-state index contributed by atoms with van der Waals surface area (Å²) in [4.78, 5) is 0. The van der Waals surface area contributed by atoms with Crippen LogP contribution >= 0.6 is 46.4 Å². The standard InChI is InChI=1S/C16H15Cl4N/c1-3-21-8-10-5-4-9(2)11(6-10)14-12(17)7-13(18)15(19)16(14)20/h4-7,21H,3,8H2,1-2H3. The SMILES string of the molecule is CCNCc1ccc(C)c(-c2c(Cl)cc(Cl)c(Cl)c2Cl)c1. The Balaban J connectivity index is 2.58. The lowest BCUT2D eigenvalue weighted by Gasteiger charge is -2.14. The first-order valence-electron chi connectivity index (χ1n) is 6.59. The molecule has 21 heavy (non-hydrogen) atoms. The fraction of sp³-hybridized carbons (Fsp3) is 0.250. The summed E-state index contributed by atoms with van der Waals surface area (Å²) in [6.07, 6.45) is 0. The number of hydrogen-bond acceptors (Lipinski definition) is 1. The van der Waals surface area contributed by atoms with Gasteiger partial charge in [0.15, 0.2) is 0 Å². The van der Waals surface area contributed by atoms with Crippen LogP contribution in [0.1, 0.15) is 18.1 Å². The molecule has 0 aliphatic heterocycles. The highest BCUT2D eigenvalue weighted by Crippen LogP contribution is 2.44. The Labute approximate surface area is 145 Å². The predicted octanol–water partition coefficient (Wildman–Crippen LogP) is 6.39. The second-order valence-electron chi connectivity index (χ2n) is 4.77. The van der Waals surface area contributed by atoms with Gasteiger partial charge in [-0.15, -0.1) is 0 Å². The molecule has 0 amide bonds. The van der Waals surface area contributed by atoms with Crippen molar-refractivity contribution >= 4 is 46.4 Å². The first-order chi connectivity index (χ1) is 9.95. The van der Waals surface area contributed by atoms with Crippen molar-refractivity contribution in [2.45, 2.75) is 20.4 Å². The van der Waals surface area contributed by atoms with E-state index in [9.17, 15) is 0 Å². The number of benzene rings is 2. The van der Waals surface area contributed by atoms with E-state index in [1.165, 1.54) is 0 Å². The van der Waals surface area contributed by atoms with Crippen molar-refractivity contribution < 1.29 is 0 Å². The first-order valence-corrected chi connectivity index (χ1v) is 8.10. The van der Waals surface area contributed by atoms with E-state index >= 15 is 0 Å². The van der Waals surface area contributed by atoms with Gasteiger partial charge in [0.1, 0.15) is 0 Å². The van der Waals surface area contributed by atoms with Crippen LogP contribution in [-0.2, 0) is 6.54 Å². The average Bonchev–Trinajstić information content (AvgIpc) is 2.45. The Bertz CT molecular complexity index is 668. The molecule has 0 atom stereocenters. The molecule has 0 aliphatic carbocycles. The van der Waals surface area contributed by atoms with Crippen LogP contribution in [-0.4, -0.2) is 6.54 Å². The summed E-state index contributed by atoms with van der Waals surface area (Å²) in [6, 6.07) is 7.84. The molecular formula is C16H15Cl4N. The second kappa shape index (κ2) is 7.21. The summed E-state index contributed by atoms with van der Waals surface area (Å²) in [7, 11) is 0. The van der Waals surface area contributed by atoms with Crippen LogP contribution in [0.25, 0.3) is 11.1 Å². The van der Waals surface area contributed by atoms with E-state index in [4.69, 9.17) is 46.4 Å². The summed E-state index contributed by atoms with van der Waals surface area (Å²) >= 11 is 24.8. The lowest BCUT2D eigenvalue weighted by atomic mass is 9.98. The molecule has 0 heterocycles. The molecule has 2 rings (SSSR count). The maximum atomic E-state index is 6.35. The van der Waals surface area contributed by atoms with Crippen LogP contribution in [0.5, 0.6) is 0 Å². The zero-order valence-electron chi connectivity index (χ0n) is 11.7. The van der Waals surface area contributed by atoms with Crippen molar-refractivity contribution in [1.82, 2.24) is 5.32 Å². The molecule has 2 aromatic carbocycles. The van der Waals surface area contributed by atoms with Gasteiger partial charge in [0.05, 0.1) is 20.1 Å². The van der Waals surface area contributed by atoms with Crippen molar-refractivity contribution in [2.75, 3.05) is 6.54 Å². The Morgan fingerprint density at radius 2 is 1.67 bits per heavy atom. The molecule has 0 aliphatic rings. The molecule has 0 spiro atoms. The Morgan fingerprint density at radius 3 is 2.33 bits per heavy atom. The Hall–Kier alpha value is -0.440. The first kappa shape index (κ1) is 16.9. The van der Waals surface area contributed by atoms with Crippen LogP contribution in [0.4, 0.5) is 0 Å². The lowest BCUT2D eigenvalue weighted by Crippen LogP contribution is -2.11. The quantitative estimate of drug-likeness (QED) is 0.491. The third-order valence-corrected chi connectivity index (χ3v) is 4.82. The zero-order valence-corrected chi connectivity index (χ0v) is 14.8. The molecule has 0 saturated carbocycles. The van der Waals surface area contributed by atoms with Gasteiger partial charge in [-0.1, -0.05) is 65.5 Å². The van der Waals surface area contributed by atoms with Crippen LogP contribution in [0.3, 0.4) is 0 Å². The van der Waals surface area contributed by atoms with Gasteiger partial charge in [-0.3, -0.25) is 0 Å². The third kappa shape index (κ3) is 3.67. The largest absolute Gasteiger partial charge is 0.313 e. The van der Waals surface area contributed by atoms with E-state index in [0.29, 0.717) is 20.1 Å². The summed E-state index contributed by atoms with van der Waals surface area (Å²) < 4.78 is 0. The minimum atomic E-state index is 0.328. The van der Waals surface area contributed by atoms with Gasteiger partial charge in [0.25, 0.3) is 0 Å². The van der Waals surface area contributed by atoms with Gasteiger partial charge in [-0.2, -0.15) is 0 Å². The fourth-order valence-corrected chi connectivity index (χ4v) is 3.25. The highest BCUT2D eigenvalue weighted by atomic mass is 35.5. The van der Waals surface area contributed by atoms with Gasteiger partial charge in [0, 0.05) is 12.1 Å². The molecule has 0 radical (unpaired) electrons. The van der Waals surface area contributed by atoms with Gasteiger partial charge in [-0.25, -0.2) is 0 Å². The summed E-state index contributed by atoms with van der Waals surface area (Å²) in [5.74, 6) is 0. The van der Waals surface area contributed by atoms with E-state index in [1.54, 1.807) is 6.07 Å². The smallest absolute Gasteiger partial charge is 0.0785 e. The summed E-state index contributed by atoms with van der Waals surface area (Å²) in [5, 5.41) is 4.87. The Morgan fingerprint density at radius 1 is 0.952 bits per heavy atom. The van der Waals surface area contributed by atoms with E-state index in [1.807, 2.05) is 6.92 Å². The molecular weight excluding hydrogens is 348 g/mol. The van der Waals surface area contributed by atoms with E-state index in [0.717, 1.165) is 35.3 Å². The molecule has 0 saturated heterocycles. The van der Waals surface area contributed by atoms with Gasteiger partial charge in [-0.05, 0) is 42.3 Å². The van der Waals surface area contributed by atoms with Crippen molar-refractivity contribution in [1.29, 1.82) is 0 Å². The minimum Gasteiger partial charge on any atom is -0.313 e. The van der Waals surface area contributed by atoms with Crippen LogP contribution < -0.4 is 5.32 Å². The molecule has 1 N–H and O–H groups in total. The normalized spacial score (nSPS) is 11.0. The van der Waals surface area contributed by atoms with E-state index in [2.05, 4.69) is 30.4 Å². The molecule has 0 unspecified atom stereocenters. The van der Waals surface area contributed by atoms with Crippen LogP contribution in [0, 0.1) is 6.92 Å². The fourth-order valence-electron chi connectivity index (χ4n) is 2.13. The van der Waals surface area contributed by atoms with Gasteiger partial charge in [0.2, 0.25) is 0 Å².